The lowest BCUT2D eigenvalue weighted by atomic mass is 10.2. The summed E-state index contributed by atoms with van der Waals surface area (Å²) in [5.41, 5.74) is 4.04. The molecule has 110 valence electrons. The van der Waals surface area contributed by atoms with Gasteiger partial charge >= 0.3 is 0 Å². The number of hydrogen-bond acceptors (Lipinski definition) is 3. The Balaban J connectivity index is 1.84. The molecule has 21 heavy (non-hydrogen) atoms. The minimum absolute atomic E-state index is 0.0427. The number of carbonyl (C=O) groups excluding carboxylic acids is 1. The molecule has 0 spiro atoms. The number of aryl methyl sites for hydroxylation is 2. The number of pyridine rings is 1. The molecule has 0 aliphatic carbocycles. The summed E-state index contributed by atoms with van der Waals surface area (Å²) in [5.74, 6) is -0.0427. The highest BCUT2D eigenvalue weighted by Gasteiger charge is 2.12. The maximum atomic E-state index is 12.1. The second-order valence-electron chi connectivity index (χ2n) is 5.27. The van der Waals surface area contributed by atoms with E-state index in [2.05, 4.69) is 15.6 Å². The van der Waals surface area contributed by atoms with Crippen LogP contribution in [0.1, 0.15) is 23.7 Å². The number of carbonyl (C=O) groups is 1. The standard InChI is InChI=1S/C17H21N3O/c1-12-4-8-16(9-5-12)20-17(21)14(3)19-11-15-7-6-13(2)18-10-15/h4-10,14,19H,11H2,1-3H3,(H,20,21). The lowest BCUT2D eigenvalue weighted by molar-refractivity contribution is -0.117. The molecule has 0 saturated heterocycles. The minimum Gasteiger partial charge on any atom is -0.325 e. The minimum atomic E-state index is -0.271. The normalized spacial score (nSPS) is 12.0. The van der Waals surface area contributed by atoms with E-state index in [1.807, 2.05) is 63.4 Å². The van der Waals surface area contributed by atoms with Crippen molar-refractivity contribution < 1.29 is 4.79 Å². The number of amides is 1. The smallest absolute Gasteiger partial charge is 0.241 e. The molecule has 2 N–H and O–H groups in total. The van der Waals surface area contributed by atoms with E-state index in [0.29, 0.717) is 6.54 Å². The van der Waals surface area contributed by atoms with Crippen LogP contribution in [-0.2, 0) is 11.3 Å². The molecule has 1 unspecified atom stereocenters. The Kier molecular flexibility index (Phi) is 5.06. The molecule has 1 atom stereocenters. The number of nitrogens with zero attached hydrogens (tertiary/aromatic N) is 1. The summed E-state index contributed by atoms with van der Waals surface area (Å²) in [4.78, 5) is 16.3. The predicted molar refractivity (Wildman–Crippen MR) is 85.1 cm³/mol. The first-order valence-corrected chi connectivity index (χ1v) is 7.07. The van der Waals surface area contributed by atoms with Crippen molar-refractivity contribution in [3.8, 4) is 0 Å². The van der Waals surface area contributed by atoms with Crippen LogP contribution < -0.4 is 10.6 Å². The van der Waals surface area contributed by atoms with Gasteiger partial charge in [0, 0.05) is 24.1 Å². The average Bonchev–Trinajstić information content (AvgIpc) is 2.48. The molecule has 0 fully saturated rings. The van der Waals surface area contributed by atoms with Gasteiger partial charge in [-0.3, -0.25) is 9.78 Å². The SMILES string of the molecule is Cc1ccc(NC(=O)C(C)NCc2ccc(C)nc2)cc1. The summed E-state index contributed by atoms with van der Waals surface area (Å²) < 4.78 is 0. The fraction of sp³-hybridized carbons (Fsp3) is 0.294. The lowest BCUT2D eigenvalue weighted by Gasteiger charge is -2.14. The van der Waals surface area contributed by atoms with Crippen molar-refractivity contribution >= 4 is 11.6 Å². The number of anilines is 1. The van der Waals surface area contributed by atoms with Crippen molar-refractivity contribution in [1.29, 1.82) is 0 Å². The van der Waals surface area contributed by atoms with E-state index in [1.165, 1.54) is 5.56 Å². The van der Waals surface area contributed by atoms with E-state index in [9.17, 15) is 4.79 Å². The maximum Gasteiger partial charge on any atom is 0.241 e. The molecular weight excluding hydrogens is 262 g/mol. The highest BCUT2D eigenvalue weighted by molar-refractivity contribution is 5.94. The fourth-order valence-electron chi connectivity index (χ4n) is 1.85. The van der Waals surface area contributed by atoms with E-state index < -0.39 is 0 Å². The Morgan fingerprint density at radius 3 is 2.48 bits per heavy atom. The van der Waals surface area contributed by atoms with Gasteiger partial charge in [-0.1, -0.05) is 23.8 Å². The van der Waals surface area contributed by atoms with Crippen molar-refractivity contribution in [3.05, 3.63) is 59.4 Å². The van der Waals surface area contributed by atoms with Crippen LogP contribution in [0.25, 0.3) is 0 Å². The summed E-state index contributed by atoms with van der Waals surface area (Å²) >= 11 is 0. The highest BCUT2D eigenvalue weighted by atomic mass is 16.2. The van der Waals surface area contributed by atoms with E-state index in [1.54, 1.807) is 0 Å². The topological polar surface area (TPSA) is 54.0 Å². The van der Waals surface area contributed by atoms with Crippen molar-refractivity contribution in [3.63, 3.8) is 0 Å². The summed E-state index contributed by atoms with van der Waals surface area (Å²) in [7, 11) is 0. The van der Waals surface area contributed by atoms with Gasteiger partial charge in [-0.15, -0.1) is 0 Å². The van der Waals surface area contributed by atoms with Gasteiger partial charge in [0.15, 0.2) is 0 Å². The Morgan fingerprint density at radius 2 is 1.86 bits per heavy atom. The van der Waals surface area contributed by atoms with Crippen molar-refractivity contribution in [2.75, 3.05) is 5.32 Å². The molecule has 2 aromatic rings. The van der Waals surface area contributed by atoms with Gasteiger partial charge < -0.3 is 10.6 Å². The lowest BCUT2D eigenvalue weighted by Crippen LogP contribution is -2.37. The number of benzene rings is 1. The van der Waals surface area contributed by atoms with E-state index in [0.717, 1.165) is 16.9 Å². The van der Waals surface area contributed by atoms with Gasteiger partial charge in [0.1, 0.15) is 0 Å². The van der Waals surface area contributed by atoms with Gasteiger partial charge in [-0.2, -0.15) is 0 Å². The number of rotatable bonds is 5. The number of hydrogen-bond donors (Lipinski definition) is 2. The quantitative estimate of drug-likeness (QED) is 0.887. The molecule has 1 aromatic heterocycles. The molecule has 4 nitrogen and oxygen atoms in total. The molecule has 0 saturated carbocycles. The predicted octanol–water partition coefficient (Wildman–Crippen LogP) is 2.82. The first-order chi connectivity index (χ1) is 10.0. The van der Waals surface area contributed by atoms with Crippen LogP contribution in [0.4, 0.5) is 5.69 Å². The summed E-state index contributed by atoms with van der Waals surface area (Å²) in [6, 6.07) is 11.5. The van der Waals surface area contributed by atoms with Crippen LogP contribution >= 0.6 is 0 Å². The molecule has 0 radical (unpaired) electrons. The number of aromatic nitrogens is 1. The number of nitrogens with one attached hydrogen (secondary N) is 2. The van der Waals surface area contributed by atoms with Crippen LogP contribution in [0, 0.1) is 13.8 Å². The van der Waals surface area contributed by atoms with Crippen molar-refractivity contribution in [1.82, 2.24) is 10.3 Å². The summed E-state index contributed by atoms with van der Waals surface area (Å²) in [5, 5.41) is 6.09. The molecular formula is C17H21N3O. The van der Waals surface area contributed by atoms with Gasteiger partial charge in [-0.25, -0.2) is 0 Å². The molecule has 4 heteroatoms. The van der Waals surface area contributed by atoms with Crippen LogP contribution in [0.2, 0.25) is 0 Å². The van der Waals surface area contributed by atoms with Gasteiger partial charge in [0.05, 0.1) is 6.04 Å². The fourth-order valence-corrected chi connectivity index (χ4v) is 1.85. The second kappa shape index (κ2) is 6.99. The van der Waals surface area contributed by atoms with E-state index in [4.69, 9.17) is 0 Å². The van der Waals surface area contributed by atoms with Gasteiger partial charge in [0.2, 0.25) is 5.91 Å². The molecule has 2 rings (SSSR count). The van der Waals surface area contributed by atoms with E-state index >= 15 is 0 Å². The van der Waals surface area contributed by atoms with Crippen LogP contribution in [0.15, 0.2) is 42.6 Å². The molecule has 1 heterocycles. The zero-order valence-corrected chi connectivity index (χ0v) is 12.7. The zero-order chi connectivity index (χ0) is 15.2. The van der Waals surface area contributed by atoms with Crippen LogP contribution in [-0.4, -0.2) is 16.9 Å². The Hall–Kier alpha value is -2.20. The highest BCUT2D eigenvalue weighted by Crippen LogP contribution is 2.09. The van der Waals surface area contributed by atoms with Crippen LogP contribution in [0.5, 0.6) is 0 Å². The molecule has 0 aliphatic heterocycles. The average molecular weight is 283 g/mol. The Labute approximate surface area is 125 Å². The third-order valence-electron chi connectivity index (χ3n) is 3.30. The molecule has 1 amide bonds. The van der Waals surface area contributed by atoms with Gasteiger partial charge in [-0.05, 0) is 44.5 Å². The molecule has 0 bridgehead atoms. The first-order valence-electron chi connectivity index (χ1n) is 7.07. The Bertz CT molecular complexity index is 590. The van der Waals surface area contributed by atoms with Crippen molar-refractivity contribution in [2.24, 2.45) is 0 Å². The third-order valence-corrected chi connectivity index (χ3v) is 3.30. The summed E-state index contributed by atoms with van der Waals surface area (Å²) in [6.45, 7) is 6.45. The molecule has 1 aromatic carbocycles. The third kappa shape index (κ3) is 4.68. The Morgan fingerprint density at radius 1 is 1.14 bits per heavy atom. The monoisotopic (exact) mass is 283 g/mol. The second-order valence-corrected chi connectivity index (χ2v) is 5.27. The van der Waals surface area contributed by atoms with E-state index in [-0.39, 0.29) is 11.9 Å². The largest absolute Gasteiger partial charge is 0.325 e. The first kappa shape index (κ1) is 15.2. The zero-order valence-electron chi connectivity index (χ0n) is 12.7. The van der Waals surface area contributed by atoms with Gasteiger partial charge in [0.25, 0.3) is 0 Å². The maximum absolute atomic E-state index is 12.1. The van der Waals surface area contributed by atoms with Crippen LogP contribution in [0.3, 0.4) is 0 Å². The summed E-state index contributed by atoms with van der Waals surface area (Å²) in [6.07, 6.45) is 1.83. The molecule has 0 aliphatic rings. The van der Waals surface area contributed by atoms with Crippen molar-refractivity contribution in [2.45, 2.75) is 33.4 Å².